The van der Waals surface area contributed by atoms with Crippen molar-refractivity contribution in [1.82, 2.24) is 5.32 Å². The normalized spacial score (nSPS) is 10.4. The lowest BCUT2D eigenvalue weighted by atomic mass is 10.2. The summed E-state index contributed by atoms with van der Waals surface area (Å²) in [5.41, 5.74) is 1.08. The average molecular weight is 302 g/mol. The van der Waals surface area contributed by atoms with Gasteiger partial charge in [-0.15, -0.1) is 0 Å². The van der Waals surface area contributed by atoms with Gasteiger partial charge in [-0.1, -0.05) is 24.3 Å². The van der Waals surface area contributed by atoms with Crippen LogP contribution < -0.4 is 15.4 Å². The molecule has 0 aromatic heterocycles. The fourth-order valence-electron chi connectivity index (χ4n) is 1.87. The van der Waals surface area contributed by atoms with Gasteiger partial charge in [0.1, 0.15) is 11.6 Å². The van der Waals surface area contributed by atoms with Gasteiger partial charge >= 0.3 is 6.03 Å². The van der Waals surface area contributed by atoms with Crippen LogP contribution in [0.15, 0.2) is 48.5 Å². The van der Waals surface area contributed by atoms with E-state index in [4.69, 9.17) is 4.74 Å². The summed E-state index contributed by atoms with van der Waals surface area (Å²) in [4.78, 5) is 11.7. The largest absolute Gasteiger partial charge is 0.491 e. The maximum atomic E-state index is 13.4. The molecule has 0 aliphatic heterocycles. The fourth-order valence-corrected chi connectivity index (χ4v) is 1.87. The third-order valence-electron chi connectivity index (χ3n) is 2.87. The van der Waals surface area contributed by atoms with Crippen molar-refractivity contribution < 1.29 is 13.9 Å². The first-order valence-corrected chi connectivity index (χ1v) is 7.09. The SMILES string of the molecule is CC(C)Oc1ccc(CNC(=O)Nc2ccccc2F)cc1. The summed E-state index contributed by atoms with van der Waals surface area (Å²) in [7, 11) is 0. The minimum Gasteiger partial charge on any atom is -0.491 e. The number of hydrogen-bond donors (Lipinski definition) is 2. The molecule has 0 unspecified atom stereocenters. The molecule has 0 radical (unpaired) electrons. The van der Waals surface area contributed by atoms with Gasteiger partial charge in [0.15, 0.2) is 0 Å². The molecule has 0 heterocycles. The summed E-state index contributed by atoms with van der Waals surface area (Å²) in [6, 6.07) is 13.0. The quantitative estimate of drug-likeness (QED) is 0.879. The molecule has 2 amide bonds. The zero-order valence-electron chi connectivity index (χ0n) is 12.6. The number of nitrogens with one attached hydrogen (secondary N) is 2. The van der Waals surface area contributed by atoms with Gasteiger partial charge in [0, 0.05) is 6.54 Å². The van der Waals surface area contributed by atoms with E-state index in [1.807, 2.05) is 38.1 Å². The number of amides is 2. The van der Waals surface area contributed by atoms with Gasteiger partial charge < -0.3 is 15.4 Å². The Morgan fingerprint density at radius 3 is 2.45 bits per heavy atom. The Balaban J connectivity index is 1.85. The third kappa shape index (κ3) is 4.77. The zero-order chi connectivity index (χ0) is 15.9. The highest BCUT2D eigenvalue weighted by molar-refractivity contribution is 5.89. The number of hydrogen-bond acceptors (Lipinski definition) is 2. The summed E-state index contributed by atoms with van der Waals surface area (Å²) in [5.74, 6) is 0.322. The molecule has 0 spiro atoms. The van der Waals surface area contributed by atoms with Gasteiger partial charge in [0.2, 0.25) is 0 Å². The Labute approximate surface area is 129 Å². The second-order valence-corrected chi connectivity index (χ2v) is 5.10. The van der Waals surface area contributed by atoms with Gasteiger partial charge in [-0.2, -0.15) is 0 Å². The van der Waals surface area contributed by atoms with E-state index in [9.17, 15) is 9.18 Å². The van der Waals surface area contributed by atoms with Gasteiger partial charge in [0.25, 0.3) is 0 Å². The first-order chi connectivity index (χ1) is 10.5. The van der Waals surface area contributed by atoms with Crippen LogP contribution in [-0.2, 0) is 6.54 Å². The van der Waals surface area contributed by atoms with Crippen molar-refractivity contribution in [3.05, 3.63) is 59.9 Å². The first kappa shape index (κ1) is 15.8. The van der Waals surface area contributed by atoms with E-state index in [1.165, 1.54) is 12.1 Å². The van der Waals surface area contributed by atoms with Crippen LogP contribution in [0.2, 0.25) is 0 Å². The van der Waals surface area contributed by atoms with Crippen molar-refractivity contribution in [3.63, 3.8) is 0 Å². The van der Waals surface area contributed by atoms with Crippen molar-refractivity contribution in [1.29, 1.82) is 0 Å². The van der Waals surface area contributed by atoms with Gasteiger partial charge in [-0.3, -0.25) is 0 Å². The topological polar surface area (TPSA) is 50.4 Å². The molecule has 0 saturated heterocycles. The van der Waals surface area contributed by atoms with Gasteiger partial charge in [-0.05, 0) is 43.7 Å². The molecular weight excluding hydrogens is 283 g/mol. The Morgan fingerprint density at radius 1 is 1.14 bits per heavy atom. The summed E-state index contributed by atoms with van der Waals surface area (Å²) in [6.45, 7) is 4.27. The summed E-state index contributed by atoms with van der Waals surface area (Å²) >= 11 is 0. The molecule has 116 valence electrons. The summed E-state index contributed by atoms with van der Waals surface area (Å²) in [6.07, 6.45) is 0.121. The number of para-hydroxylation sites is 1. The van der Waals surface area contributed by atoms with Crippen LogP contribution in [-0.4, -0.2) is 12.1 Å². The van der Waals surface area contributed by atoms with Crippen LogP contribution in [0, 0.1) is 5.82 Å². The molecule has 2 aromatic rings. The van der Waals surface area contributed by atoms with Crippen LogP contribution >= 0.6 is 0 Å². The lowest BCUT2D eigenvalue weighted by Gasteiger charge is -2.11. The molecule has 2 aromatic carbocycles. The molecule has 0 fully saturated rings. The molecule has 0 atom stereocenters. The van der Waals surface area contributed by atoms with Crippen LogP contribution in [0.4, 0.5) is 14.9 Å². The van der Waals surface area contributed by atoms with E-state index in [-0.39, 0.29) is 11.8 Å². The summed E-state index contributed by atoms with van der Waals surface area (Å²) in [5, 5.41) is 5.15. The zero-order valence-corrected chi connectivity index (χ0v) is 12.6. The molecule has 2 N–H and O–H groups in total. The second kappa shape index (κ2) is 7.45. The van der Waals surface area contributed by atoms with E-state index >= 15 is 0 Å². The standard InChI is InChI=1S/C17H19FN2O2/c1-12(2)22-14-9-7-13(8-10-14)11-19-17(21)20-16-6-4-3-5-15(16)18/h3-10,12H,11H2,1-2H3,(H2,19,20,21). The lowest BCUT2D eigenvalue weighted by Crippen LogP contribution is -2.28. The van der Waals surface area contributed by atoms with Crippen LogP contribution in [0.25, 0.3) is 0 Å². The third-order valence-corrected chi connectivity index (χ3v) is 2.87. The molecule has 0 bridgehead atoms. The smallest absolute Gasteiger partial charge is 0.319 e. The Kier molecular flexibility index (Phi) is 5.36. The number of anilines is 1. The number of ether oxygens (including phenoxy) is 1. The number of urea groups is 1. The van der Waals surface area contributed by atoms with Crippen molar-refractivity contribution in [2.24, 2.45) is 0 Å². The van der Waals surface area contributed by atoms with E-state index < -0.39 is 11.8 Å². The first-order valence-electron chi connectivity index (χ1n) is 7.09. The average Bonchev–Trinajstić information content (AvgIpc) is 2.48. The van der Waals surface area contributed by atoms with Crippen molar-refractivity contribution in [3.8, 4) is 5.75 Å². The van der Waals surface area contributed by atoms with Crippen LogP contribution in [0.3, 0.4) is 0 Å². The highest BCUT2D eigenvalue weighted by Crippen LogP contribution is 2.14. The van der Waals surface area contributed by atoms with Crippen molar-refractivity contribution in [2.75, 3.05) is 5.32 Å². The molecule has 22 heavy (non-hydrogen) atoms. The minimum atomic E-state index is -0.465. The summed E-state index contributed by atoms with van der Waals surface area (Å²) < 4.78 is 19.0. The van der Waals surface area contributed by atoms with E-state index in [0.717, 1.165) is 11.3 Å². The molecule has 0 saturated carbocycles. The molecule has 5 heteroatoms. The number of carbonyl (C=O) groups is 1. The number of carbonyl (C=O) groups excluding carboxylic acids is 1. The van der Waals surface area contributed by atoms with E-state index in [0.29, 0.717) is 6.54 Å². The maximum absolute atomic E-state index is 13.4. The Hall–Kier alpha value is -2.56. The fraction of sp³-hybridized carbons (Fsp3) is 0.235. The highest BCUT2D eigenvalue weighted by atomic mass is 19.1. The monoisotopic (exact) mass is 302 g/mol. The molecule has 0 aliphatic carbocycles. The van der Waals surface area contributed by atoms with Gasteiger partial charge in [0.05, 0.1) is 11.8 Å². The number of rotatable bonds is 5. The van der Waals surface area contributed by atoms with E-state index in [2.05, 4.69) is 10.6 Å². The number of halogens is 1. The van der Waals surface area contributed by atoms with Crippen molar-refractivity contribution >= 4 is 11.7 Å². The Bertz CT molecular complexity index is 627. The predicted octanol–water partition coefficient (Wildman–Crippen LogP) is 3.93. The maximum Gasteiger partial charge on any atom is 0.319 e. The van der Waals surface area contributed by atoms with E-state index in [1.54, 1.807) is 12.1 Å². The predicted molar refractivity (Wildman–Crippen MR) is 84.5 cm³/mol. The molecular formula is C17H19FN2O2. The van der Waals surface area contributed by atoms with Crippen molar-refractivity contribution in [2.45, 2.75) is 26.5 Å². The minimum absolute atomic E-state index is 0.121. The molecule has 0 aliphatic rings. The Morgan fingerprint density at radius 2 is 1.82 bits per heavy atom. The molecule has 4 nitrogen and oxygen atoms in total. The molecule has 2 rings (SSSR count). The van der Waals surface area contributed by atoms with Crippen LogP contribution in [0.1, 0.15) is 19.4 Å². The highest BCUT2D eigenvalue weighted by Gasteiger charge is 2.05. The van der Waals surface area contributed by atoms with Gasteiger partial charge in [-0.25, -0.2) is 9.18 Å². The second-order valence-electron chi connectivity index (χ2n) is 5.10. The number of benzene rings is 2. The van der Waals surface area contributed by atoms with Crippen LogP contribution in [0.5, 0.6) is 5.75 Å². The lowest BCUT2D eigenvalue weighted by molar-refractivity contribution is 0.242.